The van der Waals surface area contributed by atoms with Gasteiger partial charge in [0, 0.05) is 29.9 Å². The number of aromatic nitrogens is 2. The van der Waals surface area contributed by atoms with Gasteiger partial charge in [-0.25, -0.2) is 40.7 Å². The minimum Gasteiger partial charge on any atom is -0.377 e. The number of ether oxygens (including phenoxy) is 1. The number of alkyl halides is 2. The van der Waals surface area contributed by atoms with Crippen molar-refractivity contribution in [1.82, 2.24) is 15.3 Å². The number of sulfone groups is 1. The van der Waals surface area contributed by atoms with Gasteiger partial charge >= 0.3 is 6.03 Å². The Labute approximate surface area is 233 Å². The van der Waals surface area contributed by atoms with Crippen LogP contribution in [0.2, 0.25) is 0 Å². The van der Waals surface area contributed by atoms with Gasteiger partial charge in [0.2, 0.25) is 0 Å². The van der Waals surface area contributed by atoms with Crippen molar-refractivity contribution in [2.75, 3.05) is 36.5 Å². The molecule has 1 aromatic heterocycles. The minimum atomic E-state index is -4.30. The molecule has 9 nitrogen and oxygen atoms in total. The Hall–Kier alpha value is -3.78. The lowest BCUT2D eigenvalue weighted by Gasteiger charge is -2.34. The van der Waals surface area contributed by atoms with Crippen molar-refractivity contribution in [3.63, 3.8) is 0 Å². The standard InChI is InChI=1S/C27H27F4N5O4S/c1-16-15-40-11-10-36(16)24-13-22(27(8-9-27)41(38,39)21-7-4-18(28)12-20(21)29)34-25(35-24)17-2-5-19(6-3-17)33-26(37)32-14-23(30)31/h2-7,12-13,16,23H,8-11,14-15H2,1H3,(H2,32,33,37)/t16-/m0/s1. The van der Waals surface area contributed by atoms with Crippen LogP contribution in [0.15, 0.2) is 53.4 Å². The van der Waals surface area contributed by atoms with Crippen LogP contribution in [0.25, 0.3) is 11.4 Å². The van der Waals surface area contributed by atoms with Crippen molar-refractivity contribution in [1.29, 1.82) is 0 Å². The van der Waals surface area contributed by atoms with E-state index in [2.05, 4.69) is 10.3 Å². The first-order chi connectivity index (χ1) is 19.5. The van der Waals surface area contributed by atoms with Gasteiger partial charge in [-0.1, -0.05) is 0 Å². The van der Waals surface area contributed by atoms with Crippen LogP contribution in [-0.4, -0.2) is 63.2 Å². The van der Waals surface area contributed by atoms with E-state index in [0.717, 1.165) is 12.1 Å². The number of carbonyl (C=O) groups is 1. The Balaban J connectivity index is 1.53. The van der Waals surface area contributed by atoms with E-state index in [1.807, 2.05) is 17.1 Å². The number of morpholine rings is 1. The number of nitrogens with one attached hydrogen (secondary N) is 2. The number of halogens is 4. The second-order valence-electron chi connectivity index (χ2n) is 9.93. The molecule has 1 atom stereocenters. The number of hydrogen-bond donors (Lipinski definition) is 2. The maximum atomic E-state index is 14.7. The molecule has 0 spiro atoms. The summed E-state index contributed by atoms with van der Waals surface area (Å²) >= 11 is 0. The lowest BCUT2D eigenvalue weighted by Crippen LogP contribution is -2.44. The van der Waals surface area contributed by atoms with Crippen LogP contribution < -0.4 is 15.5 Å². The van der Waals surface area contributed by atoms with Gasteiger partial charge in [0.15, 0.2) is 15.7 Å². The fourth-order valence-electron chi connectivity index (χ4n) is 4.74. The second kappa shape index (κ2) is 11.2. The first kappa shape index (κ1) is 28.7. The highest BCUT2D eigenvalue weighted by Crippen LogP contribution is 2.55. The molecule has 1 saturated carbocycles. The molecule has 2 amide bonds. The van der Waals surface area contributed by atoms with Gasteiger partial charge in [0.05, 0.1) is 31.5 Å². The van der Waals surface area contributed by atoms with Crippen molar-refractivity contribution < 1.29 is 35.5 Å². The van der Waals surface area contributed by atoms with E-state index >= 15 is 0 Å². The van der Waals surface area contributed by atoms with Gasteiger partial charge in [0.25, 0.3) is 6.43 Å². The molecule has 2 N–H and O–H groups in total. The molecule has 1 aliphatic heterocycles. The predicted molar refractivity (Wildman–Crippen MR) is 143 cm³/mol. The molecule has 2 aliphatic rings. The van der Waals surface area contributed by atoms with Crippen molar-refractivity contribution in [3.8, 4) is 11.4 Å². The summed E-state index contributed by atoms with van der Waals surface area (Å²) in [5.41, 5.74) is 1.01. The average molecular weight is 594 g/mol. The van der Waals surface area contributed by atoms with Crippen molar-refractivity contribution >= 4 is 27.4 Å². The maximum Gasteiger partial charge on any atom is 0.319 e. The summed E-state index contributed by atoms with van der Waals surface area (Å²) < 4.78 is 84.4. The van der Waals surface area contributed by atoms with E-state index in [9.17, 15) is 30.8 Å². The zero-order chi connectivity index (χ0) is 29.4. The van der Waals surface area contributed by atoms with E-state index in [1.165, 1.54) is 12.1 Å². The number of carbonyl (C=O) groups excluding carboxylic acids is 1. The SMILES string of the molecule is C[C@H]1COCCN1c1cc(C2(S(=O)(=O)c3ccc(F)cc3F)CC2)nc(-c2ccc(NC(=O)NCC(F)F)cc2)n1. The topological polar surface area (TPSA) is 114 Å². The molecule has 2 heterocycles. The molecule has 0 radical (unpaired) electrons. The van der Waals surface area contributed by atoms with E-state index in [4.69, 9.17) is 9.72 Å². The zero-order valence-electron chi connectivity index (χ0n) is 21.9. The molecule has 2 fully saturated rings. The smallest absolute Gasteiger partial charge is 0.319 e. The Kier molecular flexibility index (Phi) is 7.88. The van der Waals surface area contributed by atoms with Crippen LogP contribution in [0.4, 0.5) is 33.9 Å². The fraction of sp³-hybridized carbons (Fsp3) is 0.370. The summed E-state index contributed by atoms with van der Waals surface area (Å²) in [5.74, 6) is -1.39. The normalized spacial score (nSPS) is 18.3. The molecule has 1 saturated heterocycles. The molecule has 218 valence electrons. The number of nitrogens with zero attached hydrogens (tertiary/aromatic N) is 3. The van der Waals surface area contributed by atoms with Gasteiger partial charge in [-0.2, -0.15) is 0 Å². The zero-order valence-corrected chi connectivity index (χ0v) is 22.7. The summed E-state index contributed by atoms with van der Waals surface area (Å²) in [6, 6.07) is 9.36. The predicted octanol–water partition coefficient (Wildman–Crippen LogP) is 4.50. The van der Waals surface area contributed by atoms with Crippen molar-refractivity contribution in [2.24, 2.45) is 0 Å². The van der Waals surface area contributed by atoms with Gasteiger partial charge in [0.1, 0.15) is 27.1 Å². The molecule has 0 unspecified atom stereocenters. The van der Waals surface area contributed by atoms with Crippen LogP contribution in [0.3, 0.4) is 0 Å². The maximum absolute atomic E-state index is 14.7. The highest BCUT2D eigenvalue weighted by atomic mass is 32.2. The summed E-state index contributed by atoms with van der Waals surface area (Å²) in [6.45, 7) is 2.53. The number of anilines is 2. The highest BCUT2D eigenvalue weighted by molar-refractivity contribution is 7.92. The van der Waals surface area contributed by atoms with E-state index in [1.54, 1.807) is 18.2 Å². The third-order valence-electron chi connectivity index (χ3n) is 7.06. The summed E-state index contributed by atoms with van der Waals surface area (Å²) in [6.07, 6.45) is -2.30. The number of benzene rings is 2. The number of hydrogen-bond acceptors (Lipinski definition) is 7. The Bertz CT molecular complexity index is 1550. The Morgan fingerprint density at radius 3 is 2.49 bits per heavy atom. The van der Waals surface area contributed by atoms with Crippen LogP contribution in [0.5, 0.6) is 0 Å². The number of amides is 2. The van der Waals surface area contributed by atoms with E-state index in [0.29, 0.717) is 42.9 Å². The average Bonchev–Trinajstić information content (AvgIpc) is 3.75. The highest BCUT2D eigenvalue weighted by Gasteiger charge is 2.58. The molecule has 2 aromatic carbocycles. The lowest BCUT2D eigenvalue weighted by molar-refractivity contribution is 0.0985. The first-order valence-corrected chi connectivity index (χ1v) is 14.4. The van der Waals surface area contributed by atoms with Crippen LogP contribution in [0, 0.1) is 11.6 Å². The molecule has 0 bridgehead atoms. The Morgan fingerprint density at radius 1 is 1.12 bits per heavy atom. The summed E-state index contributed by atoms with van der Waals surface area (Å²) in [5, 5.41) is 4.50. The lowest BCUT2D eigenvalue weighted by atomic mass is 10.1. The van der Waals surface area contributed by atoms with Gasteiger partial charge in [-0.3, -0.25) is 0 Å². The largest absolute Gasteiger partial charge is 0.377 e. The van der Waals surface area contributed by atoms with E-state index in [-0.39, 0.29) is 30.4 Å². The molecule has 3 aromatic rings. The molecular formula is C27H27F4N5O4S. The molecule has 14 heteroatoms. The second-order valence-corrected chi connectivity index (χ2v) is 12.2. The molecule has 41 heavy (non-hydrogen) atoms. The third-order valence-corrected chi connectivity index (χ3v) is 9.62. The van der Waals surface area contributed by atoms with E-state index < -0.39 is 50.1 Å². The minimum absolute atomic E-state index is 0.0704. The van der Waals surface area contributed by atoms with Crippen LogP contribution >= 0.6 is 0 Å². The monoisotopic (exact) mass is 593 g/mol. The van der Waals surface area contributed by atoms with Crippen LogP contribution in [-0.2, 0) is 19.3 Å². The molecule has 5 rings (SSSR count). The molecular weight excluding hydrogens is 566 g/mol. The Morgan fingerprint density at radius 2 is 1.85 bits per heavy atom. The first-order valence-electron chi connectivity index (χ1n) is 12.9. The summed E-state index contributed by atoms with van der Waals surface area (Å²) in [4.78, 5) is 22.5. The van der Waals surface area contributed by atoms with Gasteiger partial charge < -0.3 is 20.3 Å². The van der Waals surface area contributed by atoms with Gasteiger partial charge in [-0.05, 0) is 56.2 Å². The number of rotatable bonds is 8. The third kappa shape index (κ3) is 5.84. The number of urea groups is 1. The summed E-state index contributed by atoms with van der Waals surface area (Å²) in [7, 11) is -4.30. The van der Waals surface area contributed by atoms with Crippen molar-refractivity contribution in [3.05, 3.63) is 65.9 Å². The van der Waals surface area contributed by atoms with Gasteiger partial charge in [-0.15, -0.1) is 0 Å². The van der Waals surface area contributed by atoms with Crippen molar-refractivity contribution in [2.45, 2.75) is 41.9 Å². The molecule has 1 aliphatic carbocycles. The van der Waals surface area contributed by atoms with Crippen LogP contribution in [0.1, 0.15) is 25.5 Å². The quantitative estimate of drug-likeness (QED) is 0.292. The fourth-order valence-corrected chi connectivity index (χ4v) is 6.74.